The van der Waals surface area contributed by atoms with Gasteiger partial charge in [0.1, 0.15) is 5.75 Å². The van der Waals surface area contributed by atoms with E-state index in [0.717, 1.165) is 18.0 Å². The molecule has 1 aromatic carbocycles. The minimum absolute atomic E-state index is 0.287. The van der Waals surface area contributed by atoms with Crippen LogP contribution in [-0.2, 0) is 0 Å². The zero-order chi connectivity index (χ0) is 13.7. The average Bonchev–Trinajstić information content (AvgIpc) is 2.91. The lowest BCUT2D eigenvalue weighted by Gasteiger charge is -2.18. The van der Waals surface area contributed by atoms with Crippen LogP contribution in [0.2, 0.25) is 0 Å². The third kappa shape index (κ3) is 4.00. The van der Waals surface area contributed by atoms with Crippen LogP contribution in [0.1, 0.15) is 32.4 Å². The number of ether oxygens (including phenoxy) is 1. The summed E-state index contributed by atoms with van der Waals surface area (Å²) in [5.74, 6) is 1.46. The van der Waals surface area contributed by atoms with Crippen molar-refractivity contribution in [3.63, 3.8) is 0 Å². The third-order valence-corrected chi connectivity index (χ3v) is 3.58. The summed E-state index contributed by atoms with van der Waals surface area (Å²) in [6, 6.07) is 10.6. The van der Waals surface area contributed by atoms with Crippen molar-refractivity contribution in [1.82, 2.24) is 0 Å². The molecule has 0 saturated carbocycles. The first-order valence-corrected chi connectivity index (χ1v) is 7.61. The van der Waals surface area contributed by atoms with Gasteiger partial charge in [0.05, 0.1) is 12.3 Å². The van der Waals surface area contributed by atoms with Gasteiger partial charge in [0, 0.05) is 6.04 Å². The number of benzene rings is 1. The van der Waals surface area contributed by atoms with E-state index >= 15 is 0 Å². The Balaban J connectivity index is 2.07. The van der Waals surface area contributed by atoms with Crippen molar-refractivity contribution in [2.45, 2.75) is 26.8 Å². The maximum absolute atomic E-state index is 5.86. The summed E-state index contributed by atoms with van der Waals surface area (Å²) in [4.78, 5) is 0. The van der Waals surface area contributed by atoms with E-state index in [2.05, 4.69) is 49.0 Å². The number of anilines is 1. The standard InChI is InChI=1S/C16H21NOS/c1-12(2)10-18-16-7-5-4-6-15(16)17-13(3)14-8-9-19-11-14/h4-9,11-13,17H,10H2,1-3H3. The molecular weight excluding hydrogens is 254 g/mol. The molecule has 1 heterocycles. The highest BCUT2D eigenvalue weighted by molar-refractivity contribution is 7.07. The van der Waals surface area contributed by atoms with Crippen LogP contribution in [0.5, 0.6) is 5.75 Å². The molecule has 1 aromatic heterocycles. The SMILES string of the molecule is CC(C)COc1ccccc1NC(C)c1ccsc1. The van der Waals surface area contributed by atoms with Crippen molar-refractivity contribution in [3.05, 3.63) is 46.7 Å². The number of nitrogens with one attached hydrogen (secondary N) is 1. The van der Waals surface area contributed by atoms with E-state index in [1.165, 1.54) is 5.56 Å². The molecule has 0 spiro atoms. The van der Waals surface area contributed by atoms with Gasteiger partial charge in [-0.05, 0) is 47.4 Å². The van der Waals surface area contributed by atoms with Gasteiger partial charge in [-0.2, -0.15) is 11.3 Å². The molecule has 0 radical (unpaired) electrons. The first-order valence-electron chi connectivity index (χ1n) is 6.67. The zero-order valence-corrected chi connectivity index (χ0v) is 12.5. The molecule has 2 nitrogen and oxygen atoms in total. The maximum atomic E-state index is 5.86. The van der Waals surface area contributed by atoms with Crippen molar-refractivity contribution >= 4 is 17.0 Å². The van der Waals surface area contributed by atoms with E-state index in [0.29, 0.717) is 5.92 Å². The van der Waals surface area contributed by atoms with Crippen molar-refractivity contribution in [2.24, 2.45) is 5.92 Å². The Hall–Kier alpha value is -1.48. The molecule has 19 heavy (non-hydrogen) atoms. The molecule has 1 unspecified atom stereocenters. The monoisotopic (exact) mass is 275 g/mol. The average molecular weight is 275 g/mol. The number of thiophene rings is 1. The predicted octanol–water partition coefficient (Wildman–Crippen LogP) is 4.96. The highest BCUT2D eigenvalue weighted by Gasteiger charge is 2.09. The maximum Gasteiger partial charge on any atom is 0.142 e. The van der Waals surface area contributed by atoms with E-state index in [-0.39, 0.29) is 6.04 Å². The van der Waals surface area contributed by atoms with Crippen LogP contribution in [0.15, 0.2) is 41.1 Å². The molecule has 0 fully saturated rings. The van der Waals surface area contributed by atoms with Crippen LogP contribution in [-0.4, -0.2) is 6.61 Å². The van der Waals surface area contributed by atoms with Gasteiger partial charge in [0.25, 0.3) is 0 Å². The molecule has 0 aliphatic rings. The lowest BCUT2D eigenvalue weighted by atomic mass is 10.1. The fourth-order valence-electron chi connectivity index (χ4n) is 1.81. The Morgan fingerprint density at radius 2 is 1.95 bits per heavy atom. The summed E-state index contributed by atoms with van der Waals surface area (Å²) in [7, 11) is 0. The van der Waals surface area contributed by atoms with Gasteiger partial charge in [-0.25, -0.2) is 0 Å². The minimum Gasteiger partial charge on any atom is -0.491 e. The van der Waals surface area contributed by atoms with E-state index in [4.69, 9.17) is 4.74 Å². The lowest BCUT2D eigenvalue weighted by Crippen LogP contribution is -2.09. The molecule has 0 saturated heterocycles. The first kappa shape index (κ1) is 13.9. The zero-order valence-electron chi connectivity index (χ0n) is 11.7. The fourth-order valence-corrected chi connectivity index (χ4v) is 2.56. The van der Waals surface area contributed by atoms with Gasteiger partial charge < -0.3 is 10.1 Å². The van der Waals surface area contributed by atoms with E-state index in [9.17, 15) is 0 Å². The molecule has 102 valence electrons. The van der Waals surface area contributed by atoms with Crippen LogP contribution in [0.4, 0.5) is 5.69 Å². The Labute approximate surface area is 119 Å². The van der Waals surface area contributed by atoms with Gasteiger partial charge in [0.15, 0.2) is 0 Å². The van der Waals surface area contributed by atoms with E-state index < -0.39 is 0 Å². The molecule has 3 heteroatoms. The molecule has 0 amide bonds. The molecule has 2 aromatic rings. The molecular formula is C16H21NOS. The van der Waals surface area contributed by atoms with Crippen molar-refractivity contribution in [1.29, 1.82) is 0 Å². The number of hydrogen-bond donors (Lipinski definition) is 1. The normalized spacial score (nSPS) is 12.4. The second kappa shape index (κ2) is 6.62. The quantitative estimate of drug-likeness (QED) is 0.805. The molecule has 0 aliphatic heterocycles. The lowest BCUT2D eigenvalue weighted by molar-refractivity contribution is 0.272. The van der Waals surface area contributed by atoms with Crippen LogP contribution in [0, 0.1) is 5.92 Å². The van der Waals surface area contributed by atoms with Gasteiger partial charge in [-0.15, -0.1) is 0 Å². The van der Waals surface area contributed by atoms with E-state index in [1.807, 2.05) is 18.2 Å². The van der Waals surface area contributed by atoms with Crippen LogP contribution < -0.4 is 10.1 Å². The highest BCUT2D eigenvalue weighted by Crippen LogP contribution is 2.29. The number of rotatable bonds is 6. The fraction of sp³-hybridized carbons (Fsp3) is 0.375. The van der Waals surface area contributed by atoms with Crippen molar-refractivity contribution in [2.75, 3.05) is 11.9 Å². The summed E-state index contributed by atoms with van der Waals surface area (Å²) < 4.78 is 5.86. The molecule has 1 N–H and O–H groups in total. The van der Waals surface area contributed by atoms with Crippen molar-refractivity contribution in [3.8, 4) is 5.75 Å². The summed E-state index contributed by atoms with van der Waals surface area (Å²) in [6.07, 6.45) is 0. The van der Waals surface area contributed by atoms with Gasteiger partial charge in [0.2, 0.25) is 0 Å². The summed E-state index contributed by atoms with van der Waals surface area (Å²) in [6.45, 7) is 7.22. The van der Waals surface area contributed by atoms with Crippen LogP contribution in [0.3, 0.4) is 0 Å². The summed E-state index contributed by atoms with van der Waals surface area (Å²) >= 11 is 1.73. The third-order valence-electron chi connectivity index (χ3n) is 2.87. The number of para-hydroxylation sites is 2. The van der Waals surface area contributed by atoms with Crippen molar-refractivity contribution < 1.29 is 4.74 Å². The highest BCUT2D eigenvalue weighted by atomic mass is 32.1. The Kier molecular flexibility index (Phi) is 4.86. The second-order valence-electron chi connectivity index (χ2n) is 5.12. The number of hydrogen-bond acceptors (Lipinski definition) is 3. The summed E-state index contributed by atoms with van der Waals surface area (Å²) in [5, 5.41) is 7.80. The van der Waals surface area contributed by atoms with Gasteiger partial charge in [-0.3, -0.25) is 0 Å². The van der Waals surface area contributed by atoms with Gasteiger partial charge in [-0.1, -0.05) is 26.0 Å². The van der Waals surface area contributed by atoms with Crippen LogP contribution in [0.25, 0.3) is 0 Å². The van der Waals surface area contributed by atoms with E-state index in [1.54, 1.807) is 11.3 Å². The second-order valence-corrected chi connectivity index (χ2v) is 5.90. The van der Waals surface area contributed by atoms with Crippen LogP contribution >= 0.6 is 11.3 Å². The molecule has 0 bridgehead atoms. The smallest absolute Gasteiger partial charge is 0.142 e. The predicted molar refractivity (Wildman–Crippen MR) is 83.1 cm³/mol. The minimum atomic E-state index is 0.287. The van der Waals surface area contributed by atoms with Gasteiger partial charge >= 0.3 is 0 Å². The Bertz CT molecular complexity index is 493. The molecule has 0 aliphatic carbocycles. The molecule has 2 rings (SSSR count). The Morgan fingerprint density at radius 1 is 1.16 bits per heavy atom. The summed E-state index contributed by atoms with van der Waals surface area (Å²) in [5.41, 5.74) is 2.37. The first-order chi connectivity index (χ1) is 9.16. The largest absolute Gasteiger partial charge is 0.491 e. The molecule has 1 atom stereocenters. The topological polar surface area (TPSA) is 21.3 Å². The Morgan fingerprint density at radius 3 is 2.63 bits per heavy atom.